The number of likely N-dealkylation sites (tertiary alicyclic amines) is 1. The van der Waals surface area contributed by atoms with Crippen molar-refractivity contribution in [1.82, 2.24) is 4.90 Å². The second-order valence-corrected chi connectivity index (χ2v) is 9.93. The predicted molar refractivity (Wildman–Crippen MR) is 138 cm³/mol. The molecule has 2 fully saturated rings. The largest absolute Gasteiger partial charge is 0.496 e. The molecule has 0 spiro atoms. The summed E-state index contributed by atoms with van der Waals surface area (Å²) in [5.74, 6) is 0.634. The summed E-state index contributed by atoms with van der Waals surface area (Å²) < 4.78 is 5.71. The Balaban J connectivity index is 1.36. The van der Waals surface area contributed by atoms with Crippen molar-refractivity contribution in [3.8, 4) is 5.75 Å². The van der Waals surface area contributed by atoms with E-state index >= 15 is 0 Å². The van der Waals surface area contributed by atoms with Gasteiger partial charge in [0, 0.05) is 19.6 Å². The number of hydrogen-bond acceptors (Lipinski definition) is 5. The number of hydrogen-bond donors (Lipinski definition) is 1. The van der Waals surface area contributed by atoms with E-state index in [2.05, 4.69) is 53.4 Å². The van der Waals surface area contributed by atoms with Gasteiger partial charge in [-0.05, 0) is 72.1 Å². The van der Waals surface area contributed by atoms with Crippen LogP contribution in [0.1, 0.15) is 79.7 Å². The van der Waals surface area contributed by atoms with Crippen LogP contribution in [-0.4, -0.2) is 41.9 Å². The van der Waals surface area contributed by atoms with Gasteiger partial charge in [-0.2, -0.15) is 0 Å². The van der Waals surface area contributed by atoms with Gasteiger partial charge in [0.1, 0.15) is 12.4 Å². The zero-order valence-corrected chi connectivity index (χ0v) is 21.3. The predicted octanol–water partition coefficient (Wildman–Crippen LogP) is 5.76. The highest BCUT2D eigenvalue weighted by molar-refractivity contribution is 5.98. The number of methoxy groups -OCH3 is 1. The smallest absolute Gasteiger partial charge is 0.309 e. The van der Waals surface area contributed by atoms with Crippen molar-refractivity contribution < 1.29 is 19.5 Å². The molecule has 0 unspecified atom stereocenters. The molecule has 0 bridgehead atoms. The summed E-state index contributed by atoms with van der Waals surface area (Å²) in [4.78, 5) is 19.0. The van der Waals surface area contributed by atoms with Gasteiger partial charge in [-0.15, -0.1) is 0 Å². The van der Waals surface area contributed by atoms with Crippen LogP contribution in [0.3, 0.4) is 0 Å². The molecule has 35 heavy (non-hydrogen) atoms. The third-order valence-electron chi connectivity index (χ3n) is 7.48. The number of ether oxygens (including phenoxy) is 1. The fourth-order valence-corrected chi connectivity index (χ4v) is 5.28. The Labute approximate surface area is 208 Å². The Hall–Kier alpha value is -2.86. The highest BCUT2D eigenvalue weighted by Gasteiger charge is 2.32. The van der Waals surface area contributed by atoms with E-state index in [1.54, 1.807) is 7.11 Å². The van der Waals surface area contributed by atoms with E-state index in [9.17, 15) is 4.79 Å². The maximum atomic E-state index is 11.1. The molecule has 6 nitrogen and oxygen atoms in total. The Morgan fingerprint density at radius 2 is 1.86 bits per heavy atom. The van der Waals surface area contributed by atoms with Gasteiger partial charge in [-0.25, -0.2) is 0 Å². The van der Waals surface area contributed by atoms with E-state index < -0.39 is 5.97 Å². The molecule has 6 heteroatoms. The molecule has 1 N–H and O–H groups in total. The summed E-state index contributed by atoms with van der Waals surface area (Å²) in [6.07, 6.45) is 7.36. The first-order valence-corrected chi connectivity index (χ1v) is 12.9. The van der Waals surface area contributed by atoms with E-state index in [0.717, 1.165) is 35.6 Å². The van der Waals surface area contributed by atoms with Crippen LogP contribution in [0, 0.1) is 5.92 Å². The summed E-state index contributed by atoms with van der Waals surface area (Å²) in [7, 11) is 1.75. The molecule has 2 aromatic carbocycles. The lowest BCUT2D eigenvalue weighted by molar-refractivity contribution is -0.147. The topological polar surface area (TPSA) is 71.4 Å². The Morgan fingerprint density at radius 1 is 1.09 bits per heavy atom. The van der Waals surface area contributed by atoms with Gasteiger partial charge in [-0.3, -0.25) is 9.69 Å². The number of rotatable bonds is 10. The van der Waals surface area contributed by atoms with Crippen LogP contribution in [0.4, 0.5) is 0 Å². The average molecular weight is 479 g/mol. The number of aryl methyl sites for hydroxylation is 1. The van der Waals surface area contributed by atoms with E-state index in [0.29, 0.717) is 25.6 Å². The van der Waals surface area contributed by atoms with E-state index in [1.807, 2.05) is 6.92 Å². The number of benzene rings is 2. The van der Waals surface area contributed by atoms with Crippen LogP contribution in [0.5, 0.6) is 5.75 Å². The molecular weight excluding hydrogens is 440 g/mol. The first-order valence-electron chi connectivity index (χ1n) is 12.9. The lowest BCUT2D eigenvalue weighted by Gasteiger charge is -2.37. The molecule has 2 aliphatic rings. The number of nitrogens with zero attached hydrogens (tertiary/aromatic N) is 2. The lowest BCUT2D eigenvalue weighted by atomic mass is 9.83. The summed E-state index contributed by atoms with van der Waals surface area (Å²) >= 11 is 0. The van der Waals surface area contributed by atoms with Gasteiger partial charge in [0.05, 0.1) is 18.7 Å². The highest BCUT2D eigenvalue weighted by Crippen LogP contribution is 2.37. The van der Waals surface area contributed by atoms with E-state index in [1.165, 1.54) is 48.8 Å². The van der Waals surface area contributed by atoms with E-state index in [-0.39, 0.29) is 5.92 Å². The van der Waals surface area contributed by atoms with Crippen molar-refractivity contribution in [2.45, 2.75) is 71.4 Å². The molecule has 0 aromatic heterocycles. The Kier molecular flexibility index (Phi) is 8.45. The Morgan fingerprint density at radius 3 is 2.54 bits per heavy atom. The standard InChI is InChI=1S/C29H38N2O4/c1-4-22-15-24(11-12-25(22)16-31-17-26(18-31)29(32)33)20(2)30-35-19-21-10-13-27(28(14-21)34-3)23-8-6-5-7-9-23/h10-15,23,26H,4-9,16-19H2,1-3H3,(H,32,33). The SMILES string of the molecule is CCc1cc(C(C)=NOCc2ccc(C3CCCCC3)c(OC)c2)ccc1CN1CC(C(=O)O)C1. The summed E-state index contributed by atoms with van der Waals surface area (Å²) in [6.45, 7) is 6.55. The number of aliphatic carboxylic acids is 1. The van der Waals surface area contributed by atoms with Crippen LogP contribution in [0.25, 0.3) is 0 Å². The molecule has 0 amide bonds. The van der Waals surface area contributed by atoms with Crippen molar-refractivity contribution >= 4 is 11.7 Å². The van der Waals surface area contributed by atoms with Crippen molar-refractivity contribution in [1.29, 1.82) is 0 Å². The molecule has 1 heterocycles. The zero-order chi connectivity index (χ0) is 24.8. The second kappa shape index (κ2) is 11.7. The first-order chi connectivity index (χ1) is 17.0. The maximum absolute atomic E-state index is 11.1. The first kappa shape index (κ1) is 25.2. The van der Waals surface area contributed by atoms with Gasteiger partial charge in [0.25, 0.3) is 0 Å². The minimum Gasteiger partial charge on any atom is -0.496 e. The third kappa shape index (κ3) is 6.23. The monoisotopic (exact) mass is 478 g/mol. The van der Waals surface area contributed by atoms with Gasteiger partial charge in [-0.1, -0.05) is 55.6 Å². The molecule has 1 saturated heterocycles. The third-order valence-corrected chi connectivity index (χ3v) is 7.48. The van der Waals surface area contributed by atoms with Gasteiger partial charge < -0.3 is 14.7 Å². The van der Waals surface area contributed by atoms with Crippen LogP contribution < -0.4 is 4.74 Å². The Bertz CT molecular complexity index is 1050. The molecule has 0 radical (unpaired) electrons. The second-order valence-electron chi connectivity index (χ2n) is 9.93. The fraction of sp³-hybridized carbons (Fsp3) is 0.517. The highest BCUT2D eigenvalue weighted by atomic mass is 16.6. The van der Waals surface area contributed by atoms with Crippen molar-refractivity contribution in [3.05, 3.63) is 64.2 Å². The normalized spacial score (nSPS) is 17.7. The van der Waals surface area contributed by atoms with Crippen LogP contribution in [0.15, 0.2) is 41.6 Å². The number of carboxylic acids is 1. The van der Waals surface area contributed by atoms with E-state index in [4.69, 9.17) is 14.7 Å². The van der Waals surface area contributed by atoms with Gasteiger partial charge >= 0.3 is 5.97 Å². The number of oxime groups is 1. The minimum atomic E-state index is -0.697. The minimum absolute atomic E-state index is 0.227. The number of carboxylic acid groups (broad SMARTS) is 1. The molecule has 4 rings (SSSR count). The quantitative estimate of drug-likeness (QED) is 0.347. The molecule has 188 valence electrons. The summed E-state index contributed by atoms with van der Waals surface area (Å²) in [5.41, 5.74) is 6.77. The summed E-state index contributed by atoms with van der Waals surface area (Å²) in [5, 5.41) is 13.5. The molecule has 0 atom stereocenters. The van der Waals surface area contributed by atoms with Crippen molar-refractivity contribution in [3.63, 3.8) is 0 Å². The van der Waals surface area contributed by atoms with Crippen LogP contribution in [0.2, 0.25) is 0 Å². The fourth-order valence-electron chi connectivity index (χ4n) is 5.28. The van der Waals surface area contributed by atoms with Gasteiger partial charge in [0.2, 0.25) is 0 Å². The molecular formula is C29H38N2O4. The van der Waals surface area contributed by atoms with Crippen molar-refractivity contribution in [2.75, 3.05) is 20.2 Å². The average Bonchev–Trinajstić information content (AvgIpc) is 2.86. The lowest BCUT2D eigenvalue weighted by Crippen LogP contribution is -2.49. The van der Waals surface area contributed by atoms with Crippen LogP contribution in [-0.2, 0) is 29.2 Å². The number of carbonyl (C=O) groups is 1. The zero-order valence-electron chi connectivity index (χ0n) is 21.3. The summed E-state index contributed by atoms with van der Waals surface area (Å²) in [6, 6.07) is 12.8. The van der Waals surface area contributed by atoms with Gasteiger partial charge in [0.15, 0.2) is 0 Å². The van der Waals surface area contributed by atoms with Crippen LogP contribution >= 0.6 is 0 Å². The van der Waals surface area contributed by atoms with Crippen molar-refractivity contribution in [2.24, 2.45) is 11.1 Å². The molecule has 1 saturated carbocycles. The maximum Gasteiger partial charge on any atom is 0.309 e. The molecule has 1 aliphatic carbocycles. The molecule has 2 aromatic rings. The molecule has 1 aliphatic heterocycles.